The Balaban J connectivity index is 3.74. The Morgan fingerprint density at radius 1 is 0.667 bits per heavy atom. The third-order valence-corrected chi connectivity index (χ3v) is 3.97. The molecule has 0 nitrogen and oxygen atoms in total. The summed E-state index contributed by atoms with van der Waals surface area (Å²) < 4.78 is 0. The summed E-state index contributed by atoms with van der Waals surface area (Å²) in [6, 6.07) is 0. The Bertz CT molecular complexity index is 142. The van der Waals surface area contributed by atoms with Crippen molar-refractivity contribution >= 4 is 0 Å². The quantitative estimate of drug-likeness (QED) is 0.317. The number of rotatable bonds is 13. The molecule has 0 aliphatic rings. The largest absolute Gasteiger partial charge is 0.0654 e. The number of hydrogen-bond acceptors (Lipinski definition) is 0. The highest BCUT2D eigenvalue weighted by molar-refractivity contribution is 4.81. The molecule has 0 aliphatic heterocycles. The molecule has 0 rings (SSSR count). The molecule has 0 aromatic rings. The van der Waals surface area contributed by atoms with Gasteiger partial charge in [-0.25, -0.2) is 0 Å². The fraction of sp³-hybridized carbons (Fsp3) is 0.944. The zero-order valence-electron chi connectivity index (χ0n) is 13.5. The van der Waals surface area contributed by atoms with Crippen LogP contribution in [-0.4, -0.2) is 0 Å². The molecule has 0 aromatic heterocycles. The average Bonchev–Trinajstić information content (AvgIpc) is 2.38. The van der Waals surface area contributed by atoms with E-state index in [0.29, 0.717) is 0 Å². The van der Waals surface area contributed by atoms with Crippen LogP contribution in [0.4, 0.5) is 0 Å². The van der Waals surface area contributed by atoms with Gasteiger partial charge in [0, 0.05) is 0 Å². The minimum Gasteiger partial charge on any atom is -0.0654 e. The van der Waals surface area contributed by atoms with E-state index in [2.05, 4.69) is 34.1 Å². The number of unbranched alkanes of at least 4 members (excludes halogenated alkanes) is 5. The summed E-state index contributed by atoms with van der Waals surface area (Å²) in [7, 11) is 0. The van der Waals surface area contributed by atoms with E-state index >= 15 is 0 Å². The maximum Gasteiger partial charge on any atom is -0.0326 e. The highest BCUT2D eigenvalue weighted by Crippen LogP contribution is 2.25. The second-order valence-corrected chi connectivity index (χ2v) is 6.06. The van der Waals surface area contributed by atoms with Crippen molar-refractivity contribution in [3.05, 3.63) is 6.42 Å². The molecule has 0 heteroatoms. The maximum atomic E-state index is 2.68. The third-order valence-electron chi connectivity index (χ3n) is 3.97. The van der Waals surface area contributed by atoms with Gasteiger partial charge in [-0.2, -0.15) is 0 Å². The first-order valence-corrected chi connectivity index (χ1v) is 8.59. The van der Waals surface area contributed by atoms with Gasteiger partial charge >= 0.3 is 0 Å². The summed E-state index contributed by atoms with van der Waals surface area (Å²) in [6.45, 7) is 9.34. The molecule has 0 N–H and O–H groups in total. The van der Waals surface area contributed by atoms with Crippen LogP contribution < -0.4 is 0 Å². The maximum absolute atomic E-state index is 2.68. The van der Waals surface area contributed by atoms with E-state index in [-0.39, 0.29) is 0 Å². The van der Waals surface area contributed by atoms with Crippen molar-refractivity contribution in [2.45, 2.75) is 98.3 Å². The zero-order valence-corrected chi connectivity index (χ0v) is 13.5. The lowest BCUT2D eigenvalue weighted by molar-refractivity contribution is 0.408. The van der Waals surface area contributed by atoms with Crippen LogP contribution in [0.1, 0.15) is 98.3 Å². The van der Waals surface area contributed by atoms with Crippen LogP contribution in [0.5, 0.6) is 0 Å². The van der Waals surface area contributed by atoms with E-state index in [1.165, 1.54) is 70.6 Å². The fourth-order valence-electron chi connectivity index (χ4n) is 2.72. The fourth-order valence-corrected chi connectivity index (χ4v) is 2.72. The SMILES string of the molecule is CCCCCCC(C)[CH]C(CCCC)CCCC. The molecule has 0 heterocycles. The second-order valence-electron chi connectivity index (χ2n) is 6.06. The summed E-state index contributed by atoms with van der Waals surface area (Å²) in [5, 5.41) is 0. The Kier molecular flexibility index (Phi) is 13.4. The van der Waals surface area contributed by atoms with Crippen LogP contribution in [0.3, 0.4) is 0 Å². The standard InChI is InChI=1S/C18H37/c1-5-8-11-12-13-17(4)16-18(14-9-6-2)15-10-7-3/h16-18H,5-15H2,1-4H3. The minimum absolute atomic E-state index is 0.834. The molecule has 0 fully saturated rings. The van der Waals surface area contributed by atoms with Crippen molar-refractivity contribution in [1.82, 2.24) is 0 Å². The molecule has 1 atom stereocenters. The monoisotopic (exact) mass is 253 g/mol. The van der Waals surface area contributed by atoms with E-state index in [9.17, 15) is 0 Å². The van der Waals surface area contributed by atoms with Crippen LogP contribution in [0.2, 0.25) is 0 Å². The predicted octanol–water partition coefficient (Wildman–Crippen LogP) is 6.79. The molecular formula is C18H37. The summed E-state index contributed by atoms with van der Waals surface area (Å²) in [5.41, 5.74) is 0. The summed E-state index contributed by atoms with van der Waals surface area (Å²) in [4.78, 5) is 0. The highest BCUT2D eigenvalue weighted by Gasteiger charge is 2.12. The van der Waals surface area contributed by atoms with E-state index < -0.39 is 0 Å². The van der Waals surface area contributed by atoms with Crippen LogP contribution in [-0.2, 0) is 0 Å². The lowest BCUT2D eigenvalue weighted by atomic mass is 9.85. The van der Waals surface area contributed by atoms with Crippen molar-refractivity contribution in [2.24, 2.45) is 11.8 Å². The van der Waals surface area contributed by atoms with Crippen molar-refractivity contribution < 1.29 is 0 Å². The lowest BCUT2D eigenvalue weighted by Gasteiger charge is -2.20. The van der Waals surface area contributed by atoms with Crippen molar-refractivity contribution in [1.29, 1.82) is 0 Å². The van der Waals surface area contributed by atoms with Crippen LogP contribution in [0.15, 0.2) is 0 Å². The average molecular weight is 253 g/mol. The normalized spacial score (nSPS) is 13.2. The lowest BCUT2D eigenvalue weighted by Crippen LogP contribution is -2.08. The molecule has 18 heavy (non-hydrogen) atoms. The first-order chi connectivity index (χ1) is 8.74. The van der Waals surface area contributed by atoms with Crippen LogP contribution in [0.25, 0.3) is 0 Å². The highest BCUT2D eigenvalue weighted by atomic mass is 14.2. The van der Waals surface area contributed by atoms with Crippen LogP contribution in [0, 0.1) is 18.3 Å². The van der Waals surface area contributed by atoms with Gasteiger partial charge in [-0.05, 0) is 18.3 Å². The van der Waals surface area contributed by atoms with Crippen molar-refractivity contribution in [3.8, 4) is 0 Å². The molecular weight excluding hydrogens is 216 g/mol. The van der Waals surface area contributed by atoms with Gasteiger partial charge in [-0.1, -0.05) is 98.3 Å². The van der Waals surface area contributed by atoms with Gasteiger partial charge in [0.1, 0.15) is 0 Å². The predicted molar refractivity (Wildman–Crippen MR) is 84.8 cm³/mol. The number of hydrogen-bond donors (Lipinski definition) is 0. The Morgan fingerprint density at radius 2 is 1.22 bits per heavy atom. The van der Waals surface area contributed by atoms with Gasteiger partial charge in [-0.15, -0.1) is 0 Å². The molecule has 0 bridgehead atoms. The molecule has 0 aliphatic carbocycles. The van der Waals surface area contributed by atoms with Gasteiger partial charge < -0.3 is 0 Å². The minimum atomic E-state index is 0.834. The third kappa shape index (κ3) is 11.1. The van der Waals surface area contributed by atoms with Gasteiger partial charge in [0.25, 0.3) is 0 Å². The molecule has 0 aromatic carbocycles. The smallest absolute Gasteiger partial charge is 0.0326 e. The van der Waals surface area contributed by atoms with E-state index in [0.717, 1.165) is 11.8 Å². The molecule has 109 valence electrons. The topological polar surface area (TPSA) is 0 Å². The summed E-state index contributed by atoms with van der Waals surface area (Å²) in [6.07, 6.45) is 18.1. The molecule has 0 saturated carbocycles. The molecule has 0 saturated heterocycles. The van der Waals surface area contributed by atoms with Gasteiger partial charge in [0.15, 0.2) is 0 Å². The van der Waals surface area contributed by atoms with Gasteiger partial charge in [0.05, 0.1) is 0 Å². The van der Waals surface area contributed by atoms with E-state index in [1.807, 2.05) is 0 Å². The molecule has 0 spiro atoms. The first-order valence-electron chi connectivity index (χ1n) is 8.59. The second kappa shape index (κ2) is 13.4. The summed E-state index contributed by atoms with van der Waals surface area (Å²) in [5.74, 6) is 1.73. The summed E-state index contributed by atoms with van der Waals surface area (Å²) >= 11 is 0. The van der Waals surface area contributed by atoms with Crippen LogP contribution >= 0.6 is 0 Å². The Hall–Kier alpha value is 0. The van der Waals surface area contributed by atoms with Gasteiger partial charge in [0.2, 0.25) is 0 Å². The van der Waals surface area contributed by atoms with Crippen molar-refractivity contribution in [3.63, 3.8) is 0 Å². The Labute approximate surface area is 117 Å². The first kappa shape index (κ1) is 18.0. The van der Waals surface area contributed by atoms with E-state index in [1.54, 1.807) is 0 Å². The zero-order chi connectivity index (χ0) is 13.6. The molecule has 1 unspecified atom stereocenters. The molecule has 1 radical (unpaired) electrons. The van der Waals surface area contributed by atoms with E-state index in [4.69, 9.17) is 0 Å². The van der Waals surface area contributed by atoms with Crippen molar-refractivity contribution in [2.75, 3.05) is 0 Å². The van der Waals surface area contributed by atoms with Gasteiger partial charge in [-0.3, -0.25) is 0 Å². The Morgan fingerprint density at radius 3 is 1.72 bits per heavy atom. The molecule has 0 amide bonds.